The monoisotopic (exact) mass is 283 g/mol. The van der Waals surface area contributed by atoms with Crippen LogP contribution in [-0.4, -0.2) is 44.7 Å². The highest BCUT2D eigenvalue weighted by Crippen LogP contribution is 2.25. The fourth-order valence-corrected chi connectivity index (χ4v) is 1.45. The fourth-order valence-electron chi connectivity index (χ4n) is 1.45. The summed E-state index contributed by atoms with van der Waals surface area (Å²) in [5.41, 5.74) is 0.338. The van der Waals surface area contributed by atoms with E-state index < -0.39 is 4.92 Å². The Morgan fingerprint density at radius 3 is 2.70 bits per heavy atom. The van der Waals surface area contributed by atoms with Gasteiger partial charge in [0, 0.05) is 31.5 Å². The highest BCUT2D eigenvalue weighted by molar-refractivity contribution is 5.80. The molecule has 0 aliphatic rings. The summed E-state index contributed by atoms with van der Waals surface area (Å²) >= 11 is 0. The van der Waals surface area contributed by atoms with E-state index in [1.807, 2.05) is 0 Å². The van der Waals surface area contributed by atoms with Crippen LogP contribution in [0, 0.1) is 10.1 Å². The van der Waals surface area contributed by atoms with Crippen LogP contribution in [0.4, 0.5) is 11.4 Å². The molecule has 0 unspecified atom stereocenters. The van der Waals surface area contributed by atoms with Crippen LogP contribution in [0.5, 0.6) is 5.75 Å². The number of benzene rings is 1. The average Bonchev–Trinajstić information content (AvgIpc) is 2.45. The molecule has 0 aliphatic heterocycles. The molecule has 0 aliphatic carbocycles. The Bertz CT molecular complexity index is 478. The van der Waals surface area contributed by atoms with E-state index in [1.54, 1.807) is 13.2 Å². The van der Waals surface area contributed by atoms with E-state index in [0.717, 1.165) is 0 Å². The Balaban J connectivity index is 2.60. The molecular formula is C12H17N3O5. The molecule has 1 aromatic carbocycles. The van der Waals surface area contributed by atoms with Gasteiger partial charge in [0.2, 0.25) is 5.91 Å². The number of non-ortho nitro benzene ring substituents is 1. The maximum absolute atomic E-state index is 11.5. The Morgan fingerprint density at radius 2 is 2.10 bits per heavy atom. The minimum atomic E-state index is -0.521. The second kappa shape index (κ2) is 7.95. The van der Waals surface area contributed by atoms with Gasteiger partial charge in [0.1, 0.15) is 5.75 Å². The number of rotatable bonds is 8. The molecule has 0 aromatic heterocycles. The molecule has 110 valence electrons. The van der Waals surface area contributed by atoms with Gasteiger partial charge in [-0.3, -0.25) is 14.9 Å². The summed E-state index contributed by atoms with van der Waals surface area (Å²) in [7, 11) is 2.96. The second-order valence-electron chi connectivity index (χ2n) is 3.87. The summed E-state index contributed by atoms with van der Waals surface area (Å²) in [6.45, 7) is 0.847. The Morgan fingerprint density at radius 1 is 1.35 bits per heavy atom. The van der Waals surface area contributed by atoms with Crippen LogP contribution >= 0.6 is 0 Å². The molecule has 0 saturated heterocycles. The third-order valence-corrected chi connectivity index (χ3v) is 2.42. The standard InChI is InChI=1S/C12H17N3O5/c1-19-4-3-13-12(16)8-14-9-5-10(15(17)18)7-11(6-9)20-2/h5-7,14H,3-4,8H2,1-2H3,(H,13,16). The smallest absolute Gasteiger partial charge is 0.275 e. The lowest BCUT2D eigenvalue weighted by atomic mass is 10.2. The molecule has 0 bridgehead atoms. The number of hydrogen-bond donors (Lipinski definition) is 2. The lowest BCUT2D eigenvalue weighted by molar-refractivity contribution is -0.384. The second-order valence-corrected chi connectivity index (χ2v) is 3.87. The third-order valence-electron chi connectivity index (χ3n) is 2.42. The van der Waals surface area contributed by atoms with Gasteiger partial charge in [-0.2, -0.15) is 0 Å². The number of nitro benzene ring substituents is 1. The van der Waals surface area contributed by atoms with Gasteiger partial charge < -0.3 is 20.1 Å². The van der Waals surface area contributed by atoms with Crippen LogP contribution in [0.2, 0.25) is 0 Å². The lowest BCUT2D eigenvalue weighted by Crippen LogP contribution is -2.32. The summed E-state index contributed by atoms with van der Waals surface area (Å²) < 4.78 is 9.77. The van der Waals surface area contributed by atoms with Crippen LogP contribution in [0.1, 0.15) is 0 Å². The zero-order valence-corrected chi connectivity index (χ0v) is 11.3. The largest absolute Gasteiger partial charge is 0.496 e. The fraction of sp³-hybridized carbons (Fsp3) is 0.417. The minimum Gasteiger partial charge on any atom is -0.496 e. The van der Waals surface area contributed by atoms with Crippen molar-refractivity contribution in [3.05, 3.63) is 28.3 Å². The summed E-state index contributed by atoms with van der Waals surface area (Å²) in [5, 5.41) is 16.2. The quantitative estimate of drug-likeness (QED) is 0.415. The number of hydrogen-bond acceptors (Lipinski definition) is 6. The maximum Gasteiger partial charge on any atom is 0.275 e. The van der Waals surface area contributed by atoms with Crippen molar-refractivity contribution in [3.8, 4) is 5.75 Å². The first-order valence-electron chi connectivity index (χ1n) is 5.89. The highest BCUT2D eigenvalue weighted by atomic mass is 16.6. The molecule has 0 radical (unpaired) electrons. The zero-order valence-electron chi connectivity index (χ0n) is 11.3. The van der Waals surface area contributed by atoms with E-state index in [-0.39, 0.29) is 18.1 Å². The first kappa shape index (κ1) is 15.7. The van der Waals surface area contributed by atoms with Gasteiger partial charge >= 0.3 is 0 Å². The SMILES string of the molecule is COCCNC(=O)CNc1cc(OC)cc([N+](=O)[O-])c1. The van der Waals surface area contributed by atoms with Crippen molar-refractivity contribution in [3.63, 3.8) is 0 Å². The van der Waals surface area contributed by atoms with Gasteiger partial charge in [-0.1, -0.05) is 0 Å². The number of nitro groups is 1. The number of amides is 1. The molecule has 1 aromatic rings. The van der Waals surface area contributed by atoms with E-state index in [9.17, 15) is 14.9 Å². The number of carbonyl (C=O) groups is 1. The number of nitrogens with one attached hydrogen (secondary N) is 2. The third kappa shape index (κ3) is 5.11. The molecule has 0 saturated carbocycles. The number of nitrogens with zero attached hydrogens (tertiary/aromatic N) is 1. The molecule has 2 N–H and O–H groups in total. The van der Waals surface area contributed by atoms with Crippen LogP contribution in [0.25, 0.3) is 0 Å². The molecule has 0 fully saturated rings. The molecule has 1 amide bonds. The number of carbonyl (C=O) groups excluding carboxylic acids is 1. The van der Waals surface area contributed by atoms with Crippen molar-refractivity contribution in [2.24, 2.45) is 0 Å². The summed E-state index contributed by atoms with van der Waals surface area (Å²) in [6.07, 6.45) is 0. The summed E-state index contributed by atoms with van der Waals surface area (Å²) in [4.78, 5) is 21.7. The van der Waals surface area contributed by atoms with Gasteiger partial charge in [-0.25, -0.2) is 0 Å². The van der Waals surface area contributed by atoms with Gasteiger partial charge in [-0.15, -0.1) is 0 Å². The molecule has 0 heterocycles. The molecule has 1 rings (SSSR count). The van der Waals surface area contributed by atoms with Crippen molar-refractivity contribution < 1.29 is 19.2 Å². The Kier molecular flexibility index (Phi) is 6.24. The molecule has 0 atom stereocenters. The predicted molar refractivity (Wildman–Crippen MR) is 73.0 cm³/mol. The minimum absolute atomic E-state index is 0.00797. The summed E-state index contributed by atoms with van der Waals surface area (Å²) in [6, 6.07) is 4.23. The van der Waals surface area contributed by atoms with E-state index >= 15 is 0 Å². The average molecular weight is 283 g/mol. The Labute approximate surface area is 116 Å². The number of ether oxygens (including phenoxy) is 2. The van der Waals surface area contributed by atoms with Crippen LogP contribution in [0.15, 0.2) is 18.2 Å². The van der Waals surface area contributed by atoms with E-state index in [4.69, 9.17) is 9.47 Å². The van der Waals surface area contributed by atoms with Crippen molar-refractivity contribution >= 4 is 17.3 Å². The van der Waals surface area contributed by atoms with Crippen LogP contribution in [0.3, 0.4) is 0 Å². The van der Waals surface area contributed by atoms with Gasteiger partial charge in [0.05, 0.1) is 31.3 Å². The van der Waals surface area contributed by atoms with Crippen molar-refractivity contribution in [2.45, 2.75) is 0 Å². The lowest BCUT2D eigenvalue weighted by Gasteiger charge is -2.09. The van der Waals surface area contributed by atoms with E-state index in [2.05, 4.69) is 10.6 Å². The van der Waals surface area contributed by atoms with Crippen LogP contribution in [-0.2, 0) is 9.53 Å². The highest BCUT2D eigenvalue weighted by Gasteiger charge is 2.10. The molecular weight excluding hydrogens is 266 g/mol. The van der Waals surface area contributed by atoms with Crippen molar-refractivity contribution in [1.82, 2.24) is 5.32 Å². The summed E-state index contributed by atoms with van der Waals surface area (Å²) in [5.74, 6) is 0.119. The molecule has 8 nitrogen and oxygen atoms in total. The maximum atomic E-state index is 11.5. The topological polar surface area (TPSA) is 103 Å². The van der Waals surface area contributed by atoms with Crippen LogP contribution < -0.4 is 15.4 Å². The van der Waals surface area contributed by atoms with Crippen molar-refractivity contribution in [2.75, 3.05) is 39.2 Å². The zero-order chi connectivity index (χ0) is 15.0. The van der Waals surface area contributed by atoms with Gasteiger partial charge in [-0.05, 0) is 0 Å². The molecule has 8 heteroatoms. The Hall–Kier alpha value is -2.35. The molecule has 20 heavy (non-hydrogen) atoms. The van der Waals surface area contributed by atoms with Crippen molar-refractivity contribution in [1.29, 1.82) is 0 Å². The van der Waals surface area contributed by atoms with Gasteiger partial charge in [0.15, 0.2) is 0 Å². The predicted octanol–water partition coefficient (Wildman–Crippen LogP) is 0.778. The number of methoxy groups -OCH3 is 2. The molecule has 0 spiro atoms. The van der Waals surface area contributed by atoms with Gasteiger partial charge in [0.25, 0.3) is 5.69 Å². The number of anilines is 1. The van der Waals surface area contributed by atoms with E-state index in [0.29, 0.717) is 24.6 Å². The van der Waals surface area contributed by atoms with E-state index in [1.165, 1.54) is 19.2 Å². The first-order valence-corrected chi connectivity index (χ1v) is 5.89. The first-order chi connectivity index (χ1) is 9.56. The normalized spacial score (nSPS) is 9.90.